The minimum absolute atomic E-state index is 0.0624. The number of carbonyl (C=O) groups is 3. The summed E-state index contributed by atoms with van der Waals surface area (Å²) < 4.78 is 23.3. The number of rotatable bonds is 13. The maximum absolute atomic E-state index is 13.2. The molecular formula is C25H34N4O6S. The molecule has 11 heteroatoms. The van der Waals surface area contributed by atoms with E-state index in [1.807, 2.05) is 19.9 Å². The van der Waals surface area contributed by atoms with Gasteiger partial charge in [0.1, 0.15) is 0 Å². The zero-order valence-electron chi connectivity index (χ0n) is 20.6. The van der Waals surface area contributed by atoms with Crippen molar-refractivity contribution in [3.63, 3.8) is 0 Å². The van der Waals surface area contributed by atoms with Gasteiger partial charge in [0.05, 0.1) is 11.4 Å². The molecule has 2 rings (SSSR count). The molecule has 0 spiro atoms. The summed E-state index contributed by atoms with van der Waals surface area (Å²) in [5.41, 5.74) is 3.34. The van der Waals surface area contributed by atoms with Crippen LogP contribution in [0.1, 0.15) is 61.9 Å². The topological polar surface area (TPSA) is 150 Å². The fraction of sp³-hybridized carbons (Fsp3) is 0.400. The summed E-state index contributed by atoms with van der Waals surface area (Å²) in [4.78, 5) is 40.3. The molecule has 196 valence electrons. The van der Waals surface area contributed by atoms with Gasteiger partial charge in [-0.1, -0.05) is 18.6 Å². The highest BCUT2D eigenvalue weighted by Crippen LogP contribution is 2.22. The Labute approximate surface area is 212 Å². The van der Waals surface area contributed by atoms with Crippen LogP contribution in [-0.2, 0) is 26.2 Å². The van der Waals surface area contributed by atoms with Crippen LogP contribution in [0.15, 0.2) is 53.4 Å². The van der Waals surface area contributed by atoms with Gasteiger partial charge in [-0.3, -0.25) is 19.6 Å². The lowest BCUT2D eigenvalue weighted by atomic mass is 10.1. The minimum atomic E-state index is -3.88. The molecule has 0 atom stereocenters. The Balaban J connectivity index is 2.24. The van der Waals surface area contributed by atoms with Crippen LogP contribution in [0.3, 0.4) is 0 Å². The quantitative estimate of drug-likeness (QED) is 0.211. The lowest BCUT2D eigenvalue weighted by Crippen LogP contribution is -2.31. The zero-order valence-corrected chi connectivity index (χ0v) is 21.5. The molecule has 0 aliphatic rings. The third-order valence-corrected chi connectivity index (χ3v) is 6.69. The molecule has 0 heterocycles. The van der Waals surface area contributed by atoms with E-state index in [9.17, 15) is 22.8 Å². The monoisotopic (exact) mass is 518 g/mol. The van der Waals surface area contributed by atoms with Gasteiger partial charge in [0.25, 0.3) is 5.91 Å². The van der Waals surface area contributed by atoms with Gasteiger partial charge in [-0.25, -0.2) is 19.0 Å². The third-order valence-electron chi connectivity index (χ3n) is 5.76. The Hall–Kier alpha value is -3.28. The van der Waals surface area contributed by atoms with Crippen molar-refractivity contribution in [2.75, 3.05) is 18.0 Å². The van der Waals surface area contributed by atoms with Crippen molar-refractivity contribution in [3.05, 3.63) is 59.7 Å². The van der Waals surface area contributed by atoms with Crippen LogP contribution in [0.25, 0.3) is 0 Å². The highest BCUT2D eigenvalue weighted by Gasteiger charge is 2.19. The van der Waals surface area contributed by atoms with Crippen LogP contribution in [0.5, 0.6) is 0 Å². The van der Waals surface area contributed by atoms with Crippen LogP contribution >= 0.6 is 0 Å². The van der Waals surface area contributed by atoms with Gasteiger partial charge in [0, 0.05) is 37.2 Å². The number of benzene rings is 2. The number of amides is 3. The predicted molar refractivity (Wildman–Crippen MR) is 136 cm³/mol. The molecule has 4 N–H and O–H groups in total. The summed E-state index contributed by atoms with van der Waals surface area (Å²) in [6.07, 6.45) is 2.04. The van der Waals surface area contributed by atoms with E-state index in [1.165, 1.54) is 29.2 Å². The number of nitrogens with zero attached hydrogens (tertiary/aromatic N) is 2. The van der Waals surface area contributed by atoms with Gasteiger partial charge in [0.15, 0.2) is 0 Å². The van der Waals surface area contributed by atoms with E-state index < -0.39 is 15.9 Å². The summed E-state index contributed by atoms with van der Waals surface area (Å²) in [6, 6.07) is 12.8. The molecular weight excluding hydrogens is 484 g/mol. The first-order valence-electron chi connectivity index (χ1n) is 11.8. The van der Waals surface area contributed by atoms with Crippen molar-refractivity contribution >= 4 is 33.4 Å². The predicted octanol–water partition coefficient (Wildman–Crippen LogP) is 2.81. The fourth-order valence-electron chi connectivity index (χ4n) is 3.75. The average molecular weight is 519 g/mol. The second-order valence-corrected chi connectivity index (χ2v) is 9.85. The smallest absolute Gasteiger partial charge is 0.253 e. The summed E-state index contributed by atoms with van der Waals surface area (Å²) >= 11 is 0. The molecule has 0 aliphatic carbocycles. The molecule has 36 heavy (non-hydrogen) atoms. The number of carbonyl (C=O) groups excluding carboxylic acids is 3. The first kappa shape index (κ1) is 29.0. The maximum atomic E-state index is 13.2. The molecule has 3 amide bonds. The van der Waals surface area contributed by atoms with Gasteiger partial charge in [-0.2, -0.15) is 0 Å². The van der Waals surface area contributed by atoms with Crippen molar-refractivity contribution in [3.8, 4) is 0 Å². The molecule has 0 bridgehead atoms. The maximum Gasteiger partial charge on any atom is 0.253 e. The Morgan fingerprint density at radius 2 is 1.58 bits per heavy atom. The Morgan fingerprint density at radius 3 is 2.17 bits per heavy atom. The van der Waals surface area contributed by atoms with Crippen LogP contribution < -0.4 is 15.5 Å². The van der Waals surface area contributed by atoms with E-state index in [-0.39, 0.29) is 36.1 Å². The average Bonchev–Trinajstić information content (AvgIpc) is 2.87. The van der Waals surface area contributed by atoms with Crippen molar-refractivity contribution in [2.24, 2.45) is 5.14 Å². The molecule has 0 radical (unpaired) electrons. The van der Waals surface area contributed by atoms with Gasteiger partial charge in [-0.15, -0.1) is 0 Å². The second-order valence-electron chi connectivity index (χ2n) is 8.29. The standard InChI is InChI=1S/C25H34N4O6S/c1-3-28(4-2)25(32)20-10-8-9-19(17-20)18-29(21-13-15-22(16-14-21)36(26,34)35)24(31)12-7-5-6-11-23(30)27-33/h8-10,13-17,33H,3-7,11-12,18H2,1-2H3,(H,27,30)(H2,26,34,35). The first-order valence-corrected chi connectivity index (χ1v) is 13.4. The summed E-state index contributed by atoms with van der Waals surface area (Å²) in [6.45, 7) is 5.17. The van der Waals surface area contributed by atoms with Crippen LogP contribution in [-0.4, -0.2) is 49.3 Å². The summed E-state index contributed by atoms with van der Waals surface area (Å²) in [7, 11) is -3.88. The van der Waals surface area contributed by atoms with Gasteiger partial charge in [0.2, 0.25) is 21.8 Å². The lowest BCUT2D eigenvalue weighted by molar-refractivity contribution is -0.129. The molecule has 10 nitrogen and oxygen atoms in total. The molecule has 0 saturated carbocycles. The molecule has 0 aromatic heterocycles. The number of hydrogen-bond acceptors (Lipinski definition) is 6. The molecule has 0 saturated heterocycles. The van der Waals surface area contributed by atoms with E-state index in [0.29, 0.717) is 43.6 Å². The molecule has 2 aromatic carbocycles. The number of nitrogens with one attached hydrogen (secondary N) is 1. The number of hydrogen-bond donors (Lipinski definition) is 3. The van der Waals surface area contributed by atoms with Crippen LogP contribution in [0, 0.1) is 0 Å². The molecule has 2 aromatic rings. The molecule has 0 fully saturated rings. The second kappa shape index (κ2) is 13.7. The van der Waals surface area contributed by atoms with E-state index >= 15 is 0 Å². The van der Waals surface area contributed by atoms with Crippen molar-refractivity contribution in [2.45, 2.75) is 57.4 Å². The number of sulfonamides is 1. The zero-order chi connectivity index (χ0) is 26.7. The molecule has 0 aliphatic heterocycles. The van der Waals surface area contributed by atoms with E-state index in [4.69, 9.17) is 10.3 Å². The number of primary sulfonamides is 1. The van der Waals surface area contributed by atoms with Crippen LogP contribution in [0.2, 0.25) is 0 Å². The Bertz CT molecular complexity index is 1150. The first-order chi connectivity index (χ1) is 17.1. The molecule has 0 unspecified atom stereocenters. The van der Waals surface area contributed by atoms with Crippen LogP contribution in [0.4, 0.5) is 5.69 Å². The lowest BCUT2D eigenvalue weighted by Gasteiger charge is -2.24. The number of unbranched alkanes of at least 4 members (excludes halogenated alkanes) is 2. The summed E-state index contributed by atoms with van der Waals surface area (Å²) in [5, 5.41) is 13.8. The SMILES string of the molecule is CCN(CC)C(=O)c1cccc(CN(C(=O)CCCCCC(=O)NO)c2ccc(S(N)(=O)=O)cc2)c1. The normalized spacial score (nSPS) is 11.1. The fourth-order valence-corrected chi connectivity index (χ4v) is 4.26. The van der Waals surface area contributed by atoms with E-state index in [0.717, 1.165) is 5.56 Å². The summed E-state index contributed by atoms with van der Waals surface area (Å²) in [5.74, 6) is -0.758. The number of anilines is 1. The highest BCUT2D eigenvalue weighted by atomic mass is 32.2. The van der Waals surface area contributed by atoms with Gasteiger partial charge >= 0.3 is 0 Å². The van der Waals surface area contributed by atoms with Crippen molar-refractivity contribution in [1.82, 2.24) is 10.4 Å². The largest absolute Gasteiger partial charge is 0.339 e. The van der Waals surface area contributed by atoms with Crippen molar-refractivity contribution in [1.29, 1.82) is 0 Å². The van der Waals surface area contributed by atoms with E-state index in [1.54, 1.807) is 28.6 Å². The Morgan fingerprint density at radius 1 is 0.944 bits per heavy atom. The highest BCUT2D eigenvalue weighted by molar-refractivity contribution is 7.89. The third kappa shape index (κ3) is 8.43. The van der Waals surface area contributed by atoms with Gasteiger partial charge in [-0.05, 0) is 68.7 Å². The number of nitrogens with two attached hydrogens (primary N) is 1. The van der Waals surface area contributed by atoms with Gasteiger partial charge < -0.3 is 9.80 Å². The van der Waals surface area contributed by atoms with Crippen molar-refractivity contribution < 1.29 is 28.0 Å². The van der Waals surface area contributed by atoms with E-state index in [2.05, 4.69) is 0 Å². The number of hydroxylamine groups is 1. The minimum Gasteiger partial charge on any atom is -0.339 e. The Kier molecular flexibility index (Phi) is 11.0.